The fraction of sp³-hybridized carbons (Fsp3) is 0. The van der Waals surface area contributed by atoms with Gasteiger partial charge < -0.3 is 5.21 Å². The van der Waals surface area contributed by atoms with Crippen molar-refractivity contribution in [3.8, 4) is 0 Å². The molecule has 0 saturated carbocycles. The van der Waals surface area contributed by atoms with E-state index in [1.165, 1.54) is 0 Å². The van der Waals surface area contributed by atoms with Gasteiger partial charge in [0.25, 0.3) is 5.09 Å². The first-order chi connectivity index (χ1) is 3.15. The molecule has 0 radical (unpaired) electrons. The van der Waals surface area contributed by atoms with E-state index in [0.717, 1.165) is 0 Å². The molecule has 0 aliphatic rings. The number of hydrogen-bond donors (Lipinski definition) is 3. The van der Waals surface area contributed by atoms with E-state index < -0.39 is 43.4 Å². The van der Waals surface area contributed by atoms with Crippen LogP contribution in [0.1, 0.15) is 0 Å². The topological polar surface area (TPSA) is 115 Å². The van der Waals surface area contributed by atoms with E-state index in [0.29, 0.717) is 0 Å². The maximum absolute atomic E-state index is 8.36. The second kappa shape index (κ2) is 9.71. The van der Waals surface area contributed by atoms with Crippen LogP contribution in [0.5, 0.6) is 0 Å². The van der Waals surface area contributed by atoms with Crippen LogP contribution < -0.4 is 3.39 Å². The SMILES string of the molecule is O=[N+]([O-])O.[NH2][Ce][NH2]. The third kappa shape index (κ3) is 533. The van der Waals surface area contributed by atoms with Crippen LogP contribution in [-0.4, -0.2) is 10.3 Å². The number of rotatable bonds is 0. The van der Waals surface area contributed by atoms with Gasteiger partial charge in [-0.25, -0.2) is 0 Å². The predicted molar refractivity (Wildman–Crippen MR) is 17.2 cm³/mol. The van der Waals surface area contributed by atoms with Crippen molar-refractivity contribution < 1.29 is 48.6 Å². The van der Waals surface area contributed by atoms with E-state index in [1.807, 2.05) is 0 Å². The third-order valence-corrected chi connectivity index (χ3v) is 0. The Morgan fingerprint density at radius 1 is 1.71 bits per heavy atom. The van der Waals surface area contributed by atoms with Crippen LogP contribution in [-0.2, 0) is 0 Å². The standard InChI is InChI=1S/Ce.HNO3.2H2N/c;2-1(3)4;;/h;(H,2,3,4);2*1H2/q+2;;2*-1. The molecule has 7 heteroatoms. The van der Waals surface area contributed by atoms with Crippen molar-refractivity contribution in [1.29, 1.82) is 0 Å². The molecule has 0 spiro atoms. The molecule has 42 valence electrons. The van der Waals surface area contributed by atoms with E-state index in [1.54, 1.807) is 0 Å². The Kier molecular flexibility index (Phi) is 14.5. The quantitative estimate of drug-likeness (QED) is 0.348. The number of hydrogen-bond acceptors (Lipinski definition) is 4. The first-order valence-corrected chi connectivity index (χ1v) is 4.77. The molecule has 0 rings (SSSR count). The van der Waals surface area contributed by atoms with Crippen molar-refractivity contribution >= 4 is 0 Å². The van der Waals surface area contributed by atoms with E-state index >= 15 is 0 Å². The summed E-state index contributed by atoms with van der Waals surface area (Å²) in [7, 11) is 0. The molecule has 0 aliphatic carbocycles. The van der Waals surface area contributed by atoms with Crippen LogP contribution in [0.25, 0.3) is 0 Å². The molecule has 5 N–H and O–H groups in total. The van der Waals surface area contributed by atoms with E-state index in [-0.39, 0.29) is 0 Å². The van der Waals surface area contributed by atoms with Crippen molar-refractivity contribution in [2.24, 2.45) is 3.39 Å². The van der Waals surface area contributed by atoms with Crippen LogP contribution in [0.15, 0.2) is 0 Å². The molecule has 0 atom stereocenters. The molecule has 0 saturated heterocycles. The summed E-state index contributed by atoms with van der Waals surface area (Å²) >= 11 is -0.917. The Bertz CT molecular complexity index is 41.4. The van der Waals surface area contributed by atoms with Crippen LogP contribution in [0.4, 0.5) is 0 Å². The molecule has 7 heavy (non-hydrogen) atoms. The van der Waals surface area contributed by atoms with Crippen LogP contribution in [0.3, 0.4) is 0 Å². The Labute approximate surface area is 61.6 Å². The second-order valence-corrected chi connectivity index (χ2v) is 1.45. The summed E-state index contributed by atoms with van der Waals surface area (Å²) in [5.74, 6) is 0. The predicted octanol–water partition coefficient (Wildman–Crippen LogP) is -1.53. The van der Waals surface area contributed by atoms with Gasteiger partial charge in [-0.05, 0) is 0 Å². The average Bonchev–Trinajstić information content (AvgIpc) is 1.33. The van der Waals surface area contributed by atoms with Gasteiger partial charge in [-0.3, -0.25) is 0 Å². The second-order valence-electron chi connectivity index (χ2n) is 0.405. The molecule has 0 heterocycles. The summed E-state index contributed by atoms with van der Waals surface area (Å²) in [6.07, 6.45) is 0. The minimum atomic E-state index is -1.50. The Morgan fingerprint density at radius 3 is 1.71 bits per heavy atom. The molecule has 0 bridgehead atoms. The summed E-state index contributed by atoms with van der Waals surface area (Å²) in [6, 6.07) is 0. The van der Waals surface area contributed by atoms with Crippen molar-refractivity contribution in [3.05, 3.63) is 10.1 Å². The van der Waals surface area contributed by atoms with E-state index in [9.17, 15) is 0 Å². The van der Waals surface area contributed by atoms with Gasteiger partial charge in [-0.1, -0.05) is 0 Å². The summed E-state index contributed by atoms with van der Waals surface area (Å²) in [4.78, 5) is 8.36. The van der Waals surface area contributed by atoms with Crippen molar-refractivity contribution in [1.82, 2.24) is 0 Å². The molecule has 0 aromatic rings. The normalized spacial score (nSPS) is 5.43. The molecule has 0 aromatic carbocycles. The summed E-state index contributed by atoms with van der Waals surface area (Å²) in [6.45, 7) is 0. The number of nitrogens with two attached hydrogens (primary N) is 2. The van der Waals surface area contributed by atoms with Gasteiger partial charge in [-0.15, -0.1) is 10.1 Å². The van der Waals surface area contributed by atoms with Gasteiger partial charge in [0.2, 0.25) is 0 Å². The zero-order valence-corrected chi connectivity index (χ0v) is 6.51. The van der Waals surface area contributed by atoms with Gasteiger partial charge in [0.1, 0.15) is 0 Å². The summed E-state index contributed by atoms with van der Waals surface area (Å²) < 4.78 is 9.64. The molecule has 0 aliphatic heterocycles. The first-order valence-electron chi connectivity index (χ1n) is 1.14. The zero-order chi connectivity index (χ0) is 6.28. The van der Waals surface area contributed by atoms with E-state index in [2.05, 4.69) is 0 Å². The van der Waals surface area contributed by atoms with Crippen molar-refractivity contribution in [2.75, 3.05) is 0 Å². The Morgan fingerprint density at radius 2 is 1.71 bits per heavy atom. The number of nitrogens with zero attached hydrogens (tertiary/aromatic N) is 1. The van der Waals surface area contributed by atoms with Crippen LogP contribution in [0, 0.1) is 48.5 Å². The molecule has 0 amide bonds. The van der Waals surface area contributed by atoms with Crippen LogP contribution >= 0.6 is 0 Å². The minimum absolute atomic E-state index is 0.917. The van der Waals surface area contributed by atoms with Crippen molar-refractivity contribution in [3.63, 3.8) is 0 Å². The fourth-order valence-corrected chi connectivity index (χ4v) is 0. The van der Waals surface area contributed by atoms with E-state index in [4.69, 9.17) is 18.7 Å². The third-order valence-electron chi connectivity index (χ3n) is 0. The van der Waals surface area contributed by atoms with Crippen molar-refractivity contribution in [2.45, 2.75) is 0 Å². The first kappa shape index (κ1) is 10.5. The molecule has 0 aromatic heterocycles. The monoisotopic (exact) mass is 235 g/mol. The summed E-state index contributed by atoms with van der Waals surface area (Å²) in [5.41, 5.74) is 0. The maximum atomic E-state index is 8.36. The molecule has 0 unspecified atom stereocenters. The zero-order valence-electron chi connectivity index (χ0n) is 3.37. The van der Waals surface area contributed by atoms with Crippen LogP contribution in [0.2, 0.25) is 0 Å². The van der Waals surface area contributed by atoms with Gasteiger partial charge in [0.05, 0.1) is 0 Å². The Balaban J connectivity index is 0. The van der Waals surface area contributed by atoms with Gasteiger partial charge >= 0.3 is 41.7 Å². The average molecular weight is 235 g/mol. The fourth-order valence-electron chi connectivity index (χ4n) is 0. The Hall–Kier alpha value is 0.497. The van der Waals surface area contributed by atoms with Gasteiger partial charge in [0.15, 0.2) is 0 Å². The van der Waals surface area contributed by atoms with Gasteiger partial charge in [0, 0.05) is 0 Å². The molecule has 6 nitrogen and oxygen atoms in total. The molecular formula is H5CeN3O3. The molecular weight excluding hydrogens is 230 g/mol. The molecule has 0 fully saturated rings. The van der Waals surface area contributed by atoms with Gasteiger partial charge in [-0.2, -0.15) is 0 Å². The summed E-state index contributed by atoms with van der Waals surface area (Å²) in [5, 5.41) is 13.6.